The van der Waals surface area contributed by atoms with Crippen molar-refractivity contribution < 1.29 is 14.3 Å². The van der Waals surface area contributed by atoms with Crippen molar-refractivity contribution in [1.82, 2.24) is 20.3 Å². The highest BCUT2D eigenvalue weighted by atomic mass is 16.5. The van der Waals surface area contributed by atoms with E-state index in [1.165, 1.54) is 56.9 Å². The lowest BCUT2D eigenvalue weighted by Gasteiger charge is -2.61. The monoisotopic (exact) mass is 644 g/mol. The minimum atomic E-state index is -0.0366. The first-order valence-electron chi connectivity index (χ1n) is 19.2. The largest absolute Gasteiger partial charge is 0.374 e. The summed E-state index contributed by atoms with van der Waals surface area (Å²) >= 11 is 0. The van der Waals surface area contributed by atoms with Crippen molar-refractivity contribution in [2.75, 3.05) is 0 Å². The van der Waals surface area contributed by atoms with E-state index in [1.807, 2.05) is 10.9 Å². The van der Waals surface area contributed by atoms with E-state index >= 15 is 0 Å². The number of amides is 1. The van der Waals surface area contributed by atoms with Gasteiger partial charge in [0, 0.05) is 12.5 Å². The fraction of sp³-hybridized carbons (Fsp3) is 0.775. The van der Waals surface area contributed by atoms with Gasteiger partial charge in [-0.15, -0.1) is 5.10 Å². The van der Waals surface area contributed by atoms with Crippen molar-refractivity contribution in [3.63, 3.8) is 0 Å². The Bertz CT molecular complexity index is 1360. The Kier molecular flexibility index (Phi) is 9.60. The summed E-state index contributed by atoms with van der Waals surface area (Å²) in [5.74, 6) is 4.58. The number of carbonyl (C=O) groups excluding carboxylic acids is 1. The number of hydrogen-bond donors (Lipinski definition) is 1. The van der Waals surface area contributed by atoms with E-state index in [4.69, 9.17) is 9.47 Å². The maximum absolute atomic E-state index is 12.9. The fourth-order valence-electron chi connectivity index (χ4n) is 11.8. The molecule has 4 saturated carbocycles. The normalized spacial score (nSPS) is 39.8. The molecule has 5 aliphatic rings. The molecule has 47 heavy (non-hydrogen) atoms. The molecule has 258 valence electrons. The Morgan fingerprint density at radius 2 is 1.89 bits per heavy atom. The van der Waals surface area contributed by atoms with Crippen molar-refractivity contribution in [1.29, 1.82) is 0 Å². The predicted molar refractivity (Wildman–Crippen MR) is 184 cm³/mol. The van der Waals surface area contributed by atoms with Crippen molar-refractivity contribution in [3.05, 3.63) is 47.8 Å². The Hall–Kier alpha value is -2.25. The molecule has 0 radical (unpaired) electrons. The smallest absolute Gasteiger partial charge is 0.223 e. The van der Waals surface area contributed by atoms with Crippen molar-refractivity contribution in [2.24, 2.45) is 52.3 Å². The van der Waals surface area contributed by atoms with Gasteiger partial charge in [-0.1, -0.05) is 70.2 Å². The van der Waals surface area contributed by atoms with Gasteiger partial charge in [0.1, 0.15) is 5.69 Å². The molecule has 5 fully saturated rings. The molecular formula is C40H60N4O3. The van der Waals surface area contributed by atoms with Gasteiger partial charge in [-0.05, 0) is 123 Å². The lowest BCUT2D eigenvalue weighted by atomic mass is 9.44. The van der Waals surface area contributed by atoms with E-state index in [1.54, 1.807) is 0 Å². The molecule has 7 rings (SSSR count). The van der Waals surface area contributed by atoms with E-state index in [2.05, 4.69) is 80.6 Å². The predicted octanol–water partition coefficient (Wildman–Crippen LogP) is 7.98. The van der Waals surface area contributed by atoms with Gasteiger partial charge in [0.05, 0.1) is 37.7 Å². The van der Waals surface area contributed by atoms with Crippen LogP contribution in [0.25, 0.3) is 0 Å². The molecular weight excluding hydrogens is 584 g/mol. The Labute approximate surface area is 283 Å². The molecule has 2 aromatic rings. The van der Waals surface area contributed by atoms with Gasteiger partial charge in [-0.2, -0.15) is 0 Å². The highest BCUT2D eigenvalue weighted by Crippen LogP contribution is 2.70. The minimum absolute atomic E-state index is 0.0366. The number of fused-ring (bicyclic) bond motifs is 7. The van der Waals surface area contributed by atoms with E-state index in [9.17, 15) is 4.79 Å². The van der Waals surface area contributed by atoms with Crippen molar-refractivity contribution >= 4 is 5.91 Å². The maximum atomic E-state index is 12.9. The van der Waals surface area contributed by atoms with Crippen LogP contribution in [0.2, 0.25) is 0 Å². The van der Waals surface area contributed by atoms with Crippen LogP contribution in [0, 0.1) is 52.3 Å². The van der Waals surface area contributed by atoms with Gasteiger partial charge in [-0.25, -0.2) is 0 Å². The highest BCUT2D eigenvalue weighted by Gasteiger charge is 2.65. The highest BCUT2D eigenvalue weighted by molar-refractivity contribution is 5.78. The molecule has 4 aliphatic carbocycles. The van der Waals surface area contributed by atoms with Crippen LogP contribution in [0.3, 0.4) is 0 Å². The molecule has 12 atom stereocenters. The molecule has 7 heteroatoms. The summed E-state index contributed by atoms with van der Waals surface area (Å²) in [6.07, 6.45) is 16.4. The van der Waals surface area contributed by atoms with Crippen LogP contribution in [0.1, 0.15) is 117 Å². The van der Waals surface area contributed by atoms with Gasteiger partial charge in [-0.3, -0.25) is 9.48 Å². The van der Waals surface area contributed by atoms with Gasteiger partial charge in [0.15, 0.2) is 0 Å². The Balaban J connectivity index is 0.912. The maximum Gasteiger partial charge on any atom is 0.223 e. The molecule has 1 N–H and O–H groups in total. The van der Waals surface area contributed by atoms with Gasteiger partial charge >= 0.3 is 0 Å². The third-order valence-electron chi connectivity index (χ3n) is 14.3. The molecule has 2 heterocycles. The molecule has 7 nitrogen and oxygen atoms in total. The Morgan fingerprint density at radius 3 is 2.70 bits per heavy atom. The summed E-state index contributed by atoms with van der Waals surface area (Å²) in [4.78, 5) is 12.9. The first-order chi connectivity index (χ1) is 22.7. The zero-order valence-electron chi connectivity index (χ0n) is 29.7. The molecule has 0 unspecified atom stereocenters. The van der Waals surface area contributed by atoms with Gasteiger partial charge in [0.2, 0.25) is 5.91 Å². The average Bonchev–Trinajstić information content (AvgIpc) is 3.75. The number of carbonyl (C=O) groups is 1. The van der Waals surface area contributed by atoms with Crippen molar-refractivity contribution in [2.45, 2.75) is 143 Å². The summed E-state index contributed by atoms with van der Waals surface area (Å²) in [7, 11) is 0. The first-order valence-corrected chi connectivity index (χ1v) is 19.2. The molecule has 0 bridgehead atoms. The summed E-state index contributed by atoms with van der Waals surface area (Å²) in [5, 5.41) is 11.4. The van der Waals surface area contributed by atoms with E-state index < -0.39 is 0 Å². The fourth-order valence-corrected chi connectivity index (χ4v) is 11.8. The van der Waals surface area contributed by atoms with E-state index in [0.29, 0.717) is 41.4 Å². The second kappa shape index (κ2) is 13.6. The molecule has 1 aromatic carbocycles. The molecule has 0 spiro atoms. The number of rotatable bonds is 11. The SMILES string of the molecule is CCCn1cc(CNC(=O)[C@@H](C)CC[C@H]2O[C@H]3C[C@H]4[C@@H]5CC[C@@H]6C[C@@H](OCc7ccccc7)CC[C@]6(C)[C@H]5CC[C@]4(C)[C@H]3[C@@H]2C)nn1. The Morgan fingerprint density at radius 1 is 1.09 bits per heavy atom. The second-order valence-electron chi connectivity index (χ2n) is 16.9. The number of ether oxygens (including phenoxy) is 2. The topological polar surface area (TPSA) is 78.3 Å². The zero-order valence-corrected chi connectivity index (χ0v) is 29.7. The quantitative estimate of drug-likeness (QED) is 0.268. The molecule has 1 aromatic heterocycles. The number of benzene rings is 1. The second-order valence-corrected chi connectivity index (χ2v) is 16.9. The number of hydrogen-bond acceptors (Lipinski definition) is 5. The third kappa shape index (κ3) is 6.33. The third-order valence-corrected chi connectivity index (χ3v) is 14.3. The molecule has 1 aliphatic heterocycles. The average molecular weight is 645 g/mol. The van der Waals surface area contributed by atoms with Crippen LogP contribution >= 0.6 is 0 Å². The summed E-state index contributed by atoms with van der Waals surface area (Å²) < 4.78 is 15.3. The number of nitrogens with zero attached hydrogens (tertiary/aromatic N) is 3. The minimum Gasteiger partial charge on any atom is -0.374 e. The van der Waals surface area contributed by atoms with Crippen LogP contribution in [-0.4, -0.2) is 39.2 Å². The standard InChI is InChI=1S/C40H60N4O3/c1-6-20-44-24-30(42-43-44)23-41-38(45)26(2)12-15-35-27(3)37-36(47-35)22-34-32-14-13-29-21-31(46-25-28-10-8-7-9-11-28)16-18-39(29,4)33(32)17-19-40(34,37)5/h7-11,24,26-27,29,31-37H,6,12-23,25H2,1-5H3,(H,41,45)/t26-,27+,29+,31-,32+,33-,34-,35+,36-,37-,39-,40-/m0/s1. The zero-order chi connectivity index (χ0) is 32.8. The van der Waals surface area contributed by atoms with Crippen molar-refractivity contribution in [3.8, 4) is 0 Å². The van der Waals surface area contributed by atoms with E-state index in [0.717, 1.165) is 61.8 Å². The molecule has 1 amide bonds. The number of aromatic nitrogens is 3. The summed E-state index contributed by atoms with van der Waals surface area (Å²) in [5.41, 5.74) is 2.96. The summed E-state index contributed by atoms with van der Waals surface area (Å²) in [6.45, 7) is 14.0. The van der Waals surface area contributed by atoms with Crippen LogP contribution in [-0.2, 0) is 34.0 Å². The van der Waals surface area contributed by atoms with Crippen LogP contribution in [0.5, 0.6) is 0 Å². The van der Waals surface area contributed by atoms with Crippen LogP contribution in [0.15, 0.2) is 36.5 Å². The molecule has 1 saturated heterocycles. The van der Waals surface area contributed by atoms with E-state index in [-0.39, 0.29) is 17.9 Å². The first kappa shape index (κ1) is 33.3. The van der Waals surface area contributed by atoms with Gasteiger partial charge < -0.3 is 14.8 Å². The lowest BCUT2D eigenvalue weighted by molar-refractivity contribution is -0.139. The van der Waals surface area contributed by atoms with Crippen LogP contribution in [0.4, 0.5) is 0 Å². The number of aryl methyl sites for hydroxylation is 1. The van der Waals surface area contributed by atoms with Gasteiger partial charge in [0.25, 0.3) is 0 Å². The summed E-state index contributed by atoms with van der Waals surface area (Å²) in [6, 6.07) is 10.7. The van der Waals surface area contributed by atoms with Crippen LogP contribution < -0.4 is 5.32 Å². The number of nitrogens with one attached hydrogen (secondary N) is 1. The lowest BCUT2D eigenvalue weighted by Crippen LogP contribution is -2.54.